The summed E-state index contributed by atoms with van der Waals surface area (Å²) < 4.78 is 49.6. The van der Waals surface area contributed by atoms with Crippen LogP contribution >= 0.6 is 0 Å². The standard InChI is InChI=1S/C12H11F4N5/c13-9-2-1-3-10(19-9)17-6-7-18-11-5-4-8(20-21-11)12(14,15)16/h1-5H,6-7H2,(H,17,19)(H,18,21). The Bertz CT molecular complexity index is 585. The summed E-state index contributed by atoms with van der Waals surface area (Å²) in [6.45, 7) is 0.747. The third-order valence-electron chi connectivity index (χ3n) is 2.41. The molecular formula is C12H11F4N5. The van der Waals surface area contributed by atoms with E-state index in [2.05, 4.69) is 25.8 Å². The predicted molar refractivity (Wildman–Crippen MR) is 68.2 cm³/mol. The lowest BCUT2D eigenvalue weighted by Crippen LogP contribution is -2.16. The van der Waals surface area contributed by atoms with Crippen molar-refractivity contribution in [2.75, 3.05) is 23.7 Å². The third-order valence-corrected chi connectivity index (χ3v) is 2.41. The fourth-order valence-corrected chi connectivity index (χ4v) is 1.47. The second kappa shape index (κ2) is 6.33. The number of hydrogen-bond donors (Lipinski definition) is 2. The summed E-state index contributed by atoms with van der Waals surface area (Å²) in [6, 6.07) is 6.37. The average molecular weight is 301 g/mol. The number of hydrogen-bond acceptors (Lipinski definition) is 5. The molecule has 21 heavy (non-hydrogen) atoms. The summed E-state index contributed by atoms with van der Waals surface area (Å²) in [6.07, 6.45) is -4.50. The number of rotatable bonds is 5. The van der Waals surface area contributed by atoms with Crippen LogP contribution in [0.3, 0.4) is 0 Å². The van der Waals surface area contributed by atoms with Crippen molar-refractivity contribution in [2.45, 2.75) is 6.18 Å². The van der Waals surface area contributed by atoms with Crippen LogP contribution in [0, 0.1) is 5.95 Å². The number of aromatic nitrogens is 3. The molecule has 5 nitrogen and oxygen atoms in total. The Hall–Kier alpha value is -2.45. The zero-order valence-corrected chi connectivity index (χ0v) is 10.7. The zero-order valence-electron chi connectivity index (χ0n) is 10.7. The highest BCUT2D eigenvalue weighted by Gasteiger charge is 2.32. The Kier molecular flexibility index (Phi) is 4.51. The number of pyridine rings is 1. The van der Waals surface area contributed by atoms with E-state index in [9.17, 15) is 17.6 Å². The van der Waals surface area contributed by atoms with E-state index in [-0.39, 0.29) is 5.82 Å². The van der Waals surface area contributed by atoms with Crippen LogP contribution in [-0.2, 0) is 6.18 Å². The molecule has 0 radical (unpaired) electrons. The van der Waals surface area contributed by atoms with Gasteiger partial charge in [-0.15, -0.1) is 10.2 Å². The van der Waals surface area contributed by atoms with Crippen LogP contribution in [0.15, 0.2) is 30.3 Å². The van der Waals surface area contributed by atoms with Crippen LogP contribution in [0.5, 0.6) is 0 Å². The zero-order chi connectivity index (χ0) is 15.3. The first kappa shape index (κ1) is 14.9. The van der Waals surface area contributed by atoms with E-state index in [0.29, 0.717) is 18.9 Å². The Labute approximate surface area is 117 Å². The fraction of sp³-hybridized carbons (Fsp3) is 0.250. The number of anilines is 2. The molecule has 112 valence electrons. The summed E-state index contributed by atoms with van der Waals surface area (Å²) in [5, 5.41) is 12.1. The lowest BCUT2D eigenvalue weighted by Gasteiger charge is -2.08. The van der Waals surface area contributed by atoms with Crippen molar-refractivity contribution in [3.05, 3.63) is 42.0 Å². The molecule has 2 aromatic heterocycles. The van der Waals surface area contributed by atoms with Crippen LogP contribution in [0.2, 0.25) is 0 Å². The third kappa shape index (κ3) is 4.55. The van der Waals surface area contributed by atoms with Gasteiger partial charge >= 0.3 is 6.18 Å². The summed E-state index contributed by atoms with van der Waals surface area (Å²) in [4.78, 5) is 3.60. The molecule has 0 unspecified atom stereocenters. The summed E-state index contributed by atoms with van der Waals surface area (Å²) in [5.41, 5.74) is -1.05. The second-order valence-electron chi connectivity index (χ2n) is 4.00. The maximum Gasteiger partial charge on any atom is 0.435 e. The minimum Gasteiger partial charge on any atom is -0.368 e. The topological polar surface area (TPSA) is 62.7 Å². The molecule has 0 aromatic carbocycles. The smallest absolute Gasteiger partial charge is 0.368 e. The van der Waals surface area contributed by atoms with Crippen molar-refractivity contribution in [1.82, 2.24) is 15.2 Å². The molecular weight excluding hydrogens is 290 g/mol. The monoisotopic (exact) mass is 301 g/mol. The molecule has 0 aliphatic rings. The van der Waals surface area contributed by atoms with Gasteiger partial charge in [0.25, 0.3) is 0 Å². The Morgan fingerprint density at radius 2 is 1.62 bits per heavy atom. The first-order chi connectivity index (χ1) is 9.95. The Morgan fingerprint density at radius 3 is 2.19 bits per heavy atom. The minimum atomic E-state index is -4.50. The number of nitrogens with zero attached hydrogens (tertiary/aromatic N) is 3. The minimum absolute atomic E-state index is 0.219. The molecule has 9 heteroatoms. The average Bonchev–Trinajstić information content (AvgIpc) is 2.43. The van der Waals surface area contributed by atoms with E-state index in [1.165, 1.54) is 18.2 Å². The van der Waals surface area contributed by atoms with Crippen LogP contribution < -0.4 is 10.6 Å². The molecule has 2 aromatic rings. The van der Waals surface area contributed by atoms with Gasteiger partial charge in [0, 0.05) is 13.1 Å². The Balaban J connectivity index is 1.79. The molecule has 2 N–H and O–H groups in total. The molecule has 2 rings (SSSR count). The number of halogens is 4. The maximum atomic E-state index is 12.8. The second-order valence-corrected chi connectivity index (χ2v) is 4.00. The van der Waals surface area contributed by atoms with Crippen LogP contribution in [0.4, 0.5) is 29.2 Å². The lowest BCUT2D eigenvalue weighted by molar-refractivity contribution is -0.141. The molecule has 0 amide bonds. The van der Waals surface area contributed by atoms with E-state index in [4.69, 9.17) is 0 Å². The maximum absolute atomic E-state index is 12.8. The first-order valence-corrected chi connectivity index (χ1v) is 5.96. The number of alkyl halides is 3. The van der Waals surface area contributed by atoms with Gasteiger partial charge in [0.15, 0.2) is 5.69 Å². The summed E-state index contributed by atoms with van der Waals surface area (Å²) in [5.74, 6) is -0.00568. The number of nitrogens with one attached hydrogen (secondary N) is 2. The van der Waals surface area contributed by atoms with Crippen molar-refractivity contribution < 1.29 is 17.6 Å². The van der Waals surface area contributed by atoms with Crippen molar-refractivity contribution in [2.24, 2.45) is 0 Å². The van der Waals surface area contributed by atoms with Crippen molar-refractivity contribution in [3.8, 4) is 0 Å². The van der Waals surface area contributed by atoms with E-state index in [0.717, 1.165) is 6.07 Å². The van der Waals surface area contributed by atoms with E-state index >= 15 is 0 Å². The van der Waals surface area contributed by atoms with Gasteiger partial charge in [0.05, 0.1) is 0 Å². The molecule has 0 bridgehead atoms. The normalized spacial score (nSPS) is 11.2. The van der Waals surface area contributed by atoms with Gasteiger partial charge < -0.3 is 10.6 Å². The molecule has 0 atom stereocenters. The highest BCUT2D eigenvalue weighted by atomic mass is 19.4. The van der Waals surface area contributed by atoms with Crippen molar-refractivity contribution >= 4 is 11.6 Å². The largest absolute Gasteiger partial charge is 0.435 e. The molecule has 0 spiro atoms. The SMILES string of the molecule is Fc1cccc(NCCNc2ccc(C(F)(F)F)nn2)n1. The van der Waals surface area contributed by atoms with Crippen molar-refractivity contribution in [3.63, 3.8) is 0 Å². The van der Waals surface area contributed by atoms with Gasteiger partial charge in [-0.05, 0) is 24.3 Å². The van der Waals surface area contributed by atoms with Gasteiger partial charge in [-0.3, -0.25) is 0 Å². The van der Waals surface area contributed by atoms with Gasteiger partial charge in [-0.25, -0.2) is 4.98 Å². The highest BCUT2D eigenvalue weighted by molar-refractivity contribution is 5.36. The molecule has 0 aliphatic carbocycles. The summed E-state index contributed by atoms with van der Waals surface area (Å²) in [7, 11) is 0. The van der Waals surface area contributed by atoms with Gasteiger partial charge in [0.2, 0.25) is 5.95 Å². The fourth-order valence-electron chi connectivity index (χ4n) is 1.47. The van der Waals surface area contributed by atoms with E-state index in [1.54, 1.807) is 6.07 Å². The van der Waals surface area contributed by atoms with Crippen molar-refractivity contribution in [1.29, 1.82) is 0 Å². The van der Waals surface area contributed by atoms with Gasteiger partial charge in [-0.2, -0.15) is 17.6 Å². The van der Waals surface area contributed by atoms with E-state index in [1.807, 2.05) is 0 Å². The first-order valence-electron chi connectivity index (χ1n) is 5.96. The van der Waals surface area contributed by atoms with Gasteiger partial charge in [-0.1, -0.05) is 6.07 Å². The Morgan fingerprint density at radius 1 is 0.905 bits per heavy atom. The van der Waals surface area contributed by atoms with E-state index < -0.39 is 17.8 Å². The molecule has 2 heterocycles. The van der Waals surface area contributed by atoms with Crippen LogP contribution in [0.25, 0.3) is 0 Å². The molecule has 0 fully saturated rings. The highest BCUT2D eigenvalue weighted by Crippen LogP contribution is 2.26. The predicted octanol–water partition coefficient (Wildman–Crippen LogP) is 2.55. The van der Waals surface area contributed by atoms with Crippen LogP contribution in [0.1, 0.15) is 5.69 Å². The van der Waals surface area contributed by atoms with Gasteiger partial charge in [0.1, 0.15) is 11.6 Å². The van der Waals surface area contributed by atoms with Crippen LogP contribution in [-0.4, -0.2) is 28.3 Å². The summed E-state index contributed by atoms with van der Waals surface area (Å²) >= 11 is 0. The molecule has 0 aliphatic heterocycles. The quantitative estimate of drug-likeness (QED) is 0.505. The lowest BCUT2D eigenvalue weighted by atomic mass is 10.4. The molecule has 0 saturated heterocycles. The molecule has 0 saturated carbocycles.